The van der Waals surface area contributed by atoms with E-state index in [-0.39, 0.29) is 29.9 Å². The lowest BCUT2D eigenvalue weighted by atomic mass is 9.99. The minimum absolute atomic E-state index is 0. The van der Waals surface area contributed by atoms with Crippen LogP contribution in [0.5, 0.6) is 0 Å². The molecular formula is C21H30IN5O2. The van der Waals surface area contributed by atoms with Crippen LogP contribution < -0.4 is 10.6 Å². The van der Waals surface area contributed by atoms with Gasteiger partial charge in [0.25, 0.3) is 0 Å². The van der Waals surface area contributed by atoms with E-state index >= 15 is 0 Å². The maximum absolute atomic E-state index is 12.5. The van der Waals surface area contributed by atoms with Crippen LogP contribution in [0.25, 0.3) is 0 Å². The molecule has 0 saturated heterocycles. The molecule has 1 aliphatic rings. The van der Waals surface area contributed by atoms with Crippen LogP contribution in [0.1, 0.15) is 41.3 Å². The average Bonchev–Trinajstić information content (AvgIpc) is 3.04. The van der Waals surface area contributed by atoms with E-state index in [0.29, 0.717) is 31.4 Å². The predicted octanol–water partition coefficient (Wildman–Crippen LogP) is 2.94. The van der Waals surface area contributed by atoms with Gasteiger partial charge in [-0.25, -0.2) is 4.98 Å². The van der Waals surface area contributed by atoms with Crippen molar-refractivity contribution in [2.75, 3.05) is 20.1 Å². The number of hydrogen-bond donors (Lipinski definition) is 2. The van der Waals surface area contributed by atoms with Gasteiger partial charge >= 0.3 is 0 Å². The molecule has 29 heavy (non-hydrogen) atoms. The van der Waals surface area contributed by atoms with Gasteiger partial charge < -0.3 is 20.0 Å². The fraction of sp³-hybridized carbons (Fsp3) is 0.476. The Morgan fingerprint density at radius 3 is 2.69 bits per heavy atom. The first-order valence-electron chi connectivity index (χ1n) is 9.79. The third kappa shape index (κ3) is 6.45. The normalized spacial score (nSPS) is 13.5. The summed E-state index contributed by atoms with van der Waals surface area (Å²) in [4.78, 5) is 23.0. The molecule has 1 aliphatic heterocycles. The third-order valence-corrected chi connectivity index (χ3v) is 5.05. The lowest BCUT2D eigenvalue weighted by Gasteiger charge is -2.29. The highest BCUT2D eigenvalue weighted by Crippen LogP contribution is 2.19. The van der Waals surface area contributed by atoms with E-state index < -0.39 is 0 Å². The van der Waals surface area contributed by atoms with Crippen molar-refractivity contribution in [1.82, 2.24) is 20.5 Å². The minimum atomic E-state index is 0. The van der Waals surface area contributed by atoms with Gasteiger partial charge in [-0.3, -0.25) is 9.79 Å². The smallest absolute Gasteiger partial charge is 0.222 e. The van der Waals surface area contributed by atoms with Crippen LogP contribution in [0.2, 0.25) is 0 Å². The van der Waals surface area contributed by atoms with Crippen LogP contribution in [0.4, 0.5) is 0 Å². The molecule has 0 atom stereocenters. The van der Waals surface area contributed by atoms with Crippen LogP contribution in [0.15, 0.2) is 33.7 Å². The average molecular weight is 511 g/mol. The topological polar surface area (TPSA) is 82.8 Å². The first-order valence-corrected chi connectivity index (χ1v) is 9.79. The van der Waals surface area contributed by atoms with Crippen molar-refractivity contribution in [2.24, 2.45) is 4.99 Å². The number of benzene rings is 1. The molecule has 0 fully saturated rings. The zero-order valence-electron chi connectivity index (χ0n) is 17.3. The van der Waals surface area contributed by atoms with Crippen LogP contribution in [0.3, 0.4) is 0 Å². The number of aromatic nitrogens is 1. The molecule has 2 N–H and O–H groups in total. The largest absolute Gasteiger partial charge is 0.444 e. The van der Waals surface area contributed by atoms with E-state index in [0.717, 1.165) is 37.4 Å². The molecule has 1 aromatic carbocycles. The van der Waals surface area contributed by atoms with Crippen LogP contribution in [-0.4, -0.2) is 41.9 Å². The second-order valence-corrected chi connectivity index (χ2v) is 7.04. The molecule has 0 spiro atoms. The van der Waals surface area contributed by atoms with Crippen molar-refractivity contribution >= 4 is 35.8 Å². The number of oxazole rings is 1. The lowest BCUT2D eigenvalue weighted by Crippen LogP contribution is -2.38. The van der Waals surface area contributed by atoms with Crippen molar-refractivity contribution < 1.29 is 9.21 Å². The van der Waals surface area contributed by atoms with Gasteiger partial charge in [0.15, 0.2) is 5.96 Å². The maximum atomic E-state index is 12.5. The molecule has 0 bridgehead atoms. The Morgan fingerprint density at radius 2 is 2.00 bits per heavy atom. The fourth-order valence-corrected chi connectivity index (χ4v) is 3.31. The summed E-state index contributed by atoms with van der Waals surface area (Å²) in [6.07, 6.45) is 2.23. The van der Waals surface area contributed by atoms with E-state index in [2.05, 4.69) is 38.8 Å². The molecule has 1 amide bonds. The molecule has 7 nitrogen and oxygen atoms in total. The highest BCUT2D eigenvalue weighted by atomic mass is 127. The molecule has 0 aliphatic carbocycles. The van der Waals surface area contributed by atoms with Crippen molar-refractivity contribution in [3.8, 4) is 0 Å². The summed E-state index contributed by atoms with van der Waals surface area (Å²) < 4.78 is 5.55. The Labute approximate surface area is 189 Å². The van der Waals surface area contributed by atoms with Gasteiger partial charge in [-0.2, -0.15) is 0 Å². The molecule has 2 heterocycles. The number of aryl methyl sites for hydroxylation is 2. The summed E-state index contributed by atoms with van der Waals surface area (Å²) in [6, 6.07) is 8.37. The molecule has 8 heteroatoms. The molecule has 3 rings (SSSR count). The Hall–Kier alpha value is -2.10. The van der Waals surface area contributed by atoms with Gasteiger partial charge in [0.05, 0.1) is 12.2 Å². The Morgan fingerprint density at radius 1 is 1.24 bits per heavy atom. The Kier molecular flexibility index (Phi) is 8.94. The first kappa shape index (κ1) is 23.2. The number of nitrogens with one attached hydrogen (secondary N) is 2. The molecule has 0 radical (unpaired) electrons. The number of amides is 1. The fourth-order valence-electron chi connectivity index (χ4n) is 3.31. The van der Waals surface area contributed by atoms with Crippen molar-refractivity contribution in [3.05, 3.63) is 52.7 Å². The molecular weight excluding hydrogens is 481 g/mol. The second kappa shape index (κ2) is 11.2. The zero-order chi connectivity index (χ0) is 19.9. The monoisotopic (exact) mass is 511 g/mol. The summed E-state index contributed by atoms with van der Waals surface area (Å²) in [7, 11) is 1.72. The highest BCUT2D eigenvalue weighted by Gasteiger charge is 2.19. The molecule has 1 aromatic heterocycles. The zero-order valence-corrected chi connectivity index (χ0v) is 19.7. The predicted molar refractivity (Wildman–Crippen MR) is 124 cm³/mol. The van der Waals surface area contributed by atoms with Gasteiger partial charge in [0, 0.05) is 33.1 Å². The van der Waals surface area contributed by atoms with Crippen molar-refractivity contribution in [2.45, 2.75) is 46.2 Å². The summed E-state index contributed by atoms with van der Waals surface area (Å²) in [5.41, 5.74) is 3.53. The molecule has 158 valence electrons. The van der Waals surface area contributed by atoms with Gasteiger partial charge in [0.1, 0.15) is 5.76 Å². The van der Waals surface area contributed by atoms with E-state index in [9.17, 15) is 4.79 Å². The number of aliphatic imine (C=N–C) groups is 1. The summed E-state index contributed by atoms with van der Waals surface area (Å²) in [5.74, 6) is 2.36. The number of fused-ring (bicyclic) bond motifs is 1. The summed E-state index contributed by atoms with van der Waals surface area (Å²) in [5, 5.41) is 6.41. The number of halogens is 1. The van der Waals surface area contributed by atoms with Gasteiger partial charge in [-0.15, -0.1) is 24.0 Å². The number of guanidine groups is 1. The van der Waals surface area contributed by atoms with E-state index in [1.807, 2.05) is 24.8 Å². The van der Waals surface area contributed by atoms with Crippen LogP contribution >= 0.6 is 24.0 Å². The van der Waals surface area contributed by atoms with Crippen LogP contribution in [0, 0.1) is 13.8 Å². The van der Waals surface area contributed by atoms with Crippen molar-refractivity contribution in [3.63, 3.8) is 0 Å². The number of carbonyl (C=O) groups excluding carboxylic acids is 1. The molecule has 2 aromatic rings. The first-order chi connectivity index (χ1) is 13.6. The highest BCUT2D eigenvalue weighted by molar-refractivity contribution is 14.0. The van der Waals surface area contributed by atoms with E-state index in [1.165, 1.54) is 11.1 Å². The summed E-state index contributed by atoms with van der Waals surface area (Å²) >= 11 is 0. The Bertz CT molecular complexity index is 830. The minimum Gasteiger partial charge on any atom is -0.444 e. The number of nitrogens with zero attached hydrogens (tertiary/aromatic N) is 3. The second-order valence-electron chi connectivity index (χ2n) is 7.04. The molecule has 0 unspecified atom stereocenters. The lowest BCUT2D eigenvalue weighted by molar-refractivity contribution is -0.132. The van der Waals surface area contributed by atoms with Gasteiger partial charge in [-0.1, -0.05) is 24.3 Å². The third-order valence-electron chi connectivity index (χ3n) is 5.05. The standard InChI is InChI=1S/C21H29N5O2.HI/c1-15-16(2)28-19(25-15)13-24-21(22-3)23-11-6-9-20(27)26-12-10-17-7-4-5-8-18(17)14-26;/h4-5,7-8H,6,9-14H2,1-3H3,(H2,22,23,24);1H. The van der Waals surface area contributed by atoms with Crippen molar-refractivity contribution in [1.29, 1.82) is 0 Å². The van der Waals surface area contributed by atoms with Gasteiger partial charge in [0.2, 0.25) is 11.8 Å². The SMILES string of the molecule is CN=C(NCCCC(=O)N1CCc2ccccc2C1)NCc1nc(C)c(C)o1.I. The number of carbonyl (C=O) groups is 1. The van der Waals surface area contributed by atoms with E-state index in [1.54, 1.807) is 7.05 Å². The summed E-state index contributed by atoms with van der Waals surface area (Å²) in [6.45, 7) is 6.51. The quantitative estimate of drug-likeness (QED) is 0.270. The maximum Gasteiger partial charge on any atom is 0.222 e. The van der Waals surface area contributed by atoms with Gasteiger partial charge in [-0.05, 0) is 37.8 Å². The molecule has 0 saturated carbocycles. The number of rotatable bonds is 6. The van der Waals surface area contributed by atoms with Crippen LogP contribution in [-0.2, 0) is 24.3 Å². The number of hydrogen-bond acceptors (Lipinski definition) is 4. The Balaban J connectivity index is 0.00000300. The van der Waals surface area contributed by atoms with E-state index in [4.69, 9.17) is 4.42 Å².